The van der Waals surface area contributed by atoms with Crippen LogP contribution in [0.15, 0.2) is 65.3 Å². The molecule has 1 N–H and O–H groups in total. The van der Waals surface area contributed by atoms with Crippen LogP contribution in [0, 0.1) is 5.82 Å². The lowest BCUT2D eigenvalue weighted by Gasteiger charge is -2.35. The third kappa shape index (κ3) is 6.20. The fraction of sp³-hybridized carbons (Fsp3) is 0.333. The van der Waals surface area contributed by atoms with Crippen LogP contribution >= 0.6 is 0 Å². The summed E-state index contributed by atoms with van der Waals surface area (Å²) >= 11 is 0. The molecule has 2 heterocycles. The minimum absolute atomic E-state index is 0.0518. The number of amides is 1. The quantitative estimate of drug-likeness (QED) is 0.239. The van der Waals surface area contributed by atoms with Gasteiger partial charge in [-0.1, -0.05) is 30.3 Å². The van der Waals surface area contributed by atoms with Crippen molar-refractivity contribution in [1.82, 2.24) is 5.32 Å². The van der Waals surface area contributed by atoms with Crippen molar-refractivity contribution < 1.29 is 32.6 Å². The first kappa shape index (κ1) is 29.0. The molecule has 1 atom stereocenters. The summed E-state index contributed by atoms with van der Waals surface area (Å²) < 4.78 is 38.7. The molecule has 1 aliphatic heterocycles. The molecule has 1 aliphatic rings. The molecule has 0 spiro atoms. The minimum Gasteiger partial charge on any atom is -0.481 e. The van der Waals surface area contributed by atoms with Gasteiger partial charge in [0.1, 0.15) is 28.9 Å². The minimum atomic E-state index is -0.652. The van der Waals surface area contributed by atoms with Gasteiger partial charge in [0.15, 0.2) is 0 Å². The van der Waals surface area contributed by atoms with Gasteiger partial charge in [0.05, 0.1) is 36.9 Å². The van der Waals surface area contributed by atoms with Crippen molar-refractivity contribution in [3.63, 3.8) is 0 Å². The zero-order valence-corrected chi connectivity index (χ0v) is 24.5. The van der Waals surface area contributed by atoms with Crippen LogP contribution in [0.3, 0.4) is 0 Å². The maximum atomic E-state index is 16.0. The summed E-state index contributed by atoms with van der Waals surface area (Å²) in [5, 5.41) is 3.12. The number of benzene rings is 3. The number of carbonyl (C=O) groups is 2. The van der Waals surface area contributed by atoms with Crippen LogP contribution in [0.5, 0.6) is 5.75 Å². The van der Waals surface area contributed by atoms with Crippen LogP contribution in [-0.4, -0.2) is 37.9 Å². The van der Waals surface area contributed by atoms with Gasteiger partial charge in [0, 0.05) is 30.3 Å². The molecule has 0 aliphatic carbocycles. The molecule has 0 radical (unpaired) electrons. The number of ether oxygens (including phenoxy) is 3. The van der Waals surface area contributed by atoms with Crippen LogP contribution in [0.1, 0.15) is 50.5 Å². The summed E-state index contributed by atoms with van der Waals surface area (Å²) in [6.45, 7) is 8.13. The number of alkyl carbamates (subject to hydrolysis) is 1. The van der Waals surface area contributed by atoms with E-state index in [9.17, 15) is 9.59 Å². The van der Waals surface area contributed by atoms with Crippen molar-refractivity contribution in [2.45, 2.75) is 52.4 Å². The third-order valence-electron chi connectivity index (χ3n) is 6.95. The molecule has 4 aromatic rings. The normalized spacial score (nSPS) is 14.7. The fourth-order valence-corrected chi connectivity index (χ4v) is 5.12. The number of carbonyl (C=O) groups excluding carboxylic acids is 2. The summed E-state index contributed by atoms with van der Waals surface area (Å²) in [5.74, 6) is -0.240. The van der Waals surface area contributed by atoms with E-state index in [-0.39, 0.29) is 25.5 Å². The highest BCUT2D eigenvalue weighted by molar-refractivity contribution is 5.94. The molecule has 3 aromatic carbocycles. The van der Waals surface area contributed by atoms with E-state index in [1.807, 2.05) is 75.2 Å². The lowest BCUT2D eigenvalue weighted by Crippen LogP contribution is -2.33. The molecule has 5 rings (SSSR count). The average Bonchev–Trinajstić information content (AvgIpc) is 3.43. The van der Waals surface area contributed by atoms with E-state index >= 15 is 4.39 Å². The van der Waals surface area contributed by atoms with Gasteiger partial charge in [-0.3, -0.25) is 4.79 Å². The van der Waals surface area contributed by atoms with Crippen molar-refractivity contribution >= 4 is 28.7 Å². The Labute approximate surface area is 244 Å². The fourth-order valence-electron chi connectivity index (χ4n) is 5.12. The summed E-state index contributed by atoms with van der Waals surface area (Å²) in [5.41, 5.74) is 4.03. The third-order valence-corrected chi connectivity index (χ3v) is 6.95. The molecule has 0 bridgehead atoms. The lowest BCUT2D eigenvalue weighted by molar-refractivity contribution is -0.142. The van der Waals surface area contributed by atoms with E-state index in [0.717, 1.165) is 16.8 Å². The van der Waals surface area contributed by atoms with E-state index in [1.54, 1.807) is 19.1 Å². The van der Waals surface area contributed by atoms with Gasteiger partial charge in [0.2, 0.25) is 0 Å². The van der Waals surface area contributed by atoms with Crippen LogP contribution in [-0.2, 0) is 27.2 Å². The number of likely N-dealkylation sites (N-methyl/N-ethyl adjacent to an activating group) is 1. The van der Waals surface area contributed by atoms with Gasteiger partial charge in [-0.25, -0.2) is 9.18 Å². The highest BCUT2D eigenvalue weighted by atomic mass is 19.1. The molecule has 42 heavy (non-hydrogen) atoms. The summed E-state index contributed by atoms with van der Waals surface area (Å²) in [6.07, 6.45) is 0.360. The first-order chi connectivity index (χ1) is 20.0. The molecule has 0 saturated heterocycles. The second-order valence-corrected chi connectivity index (χ2v) is 11.3. The SMILES string of the molecule is CCOC(=O)Cc1cccc2c1OC(c1cc(-c3cccc(CNC(=O)OC(C)(C)C)c3)c3occc3c1F)CN2C. The molecule has 8 nitrogen and oxygen atoms in total. The van der Waals surface area contributed by atoms with E-state index in [1.165, 1.54) is 6.26 Å². The number of esters is 1. The molecule has 220 valence electrons. The Kier molecular flexibility index (Phi) is 8.11. The Hall–Kier alpha value is -4.53. The highest BCUT2D eigenvalue weighted by Crippen LogP contribution is 2.43. The van der Waals surface area contributed by atoms with Crippen molar-refractivity contribution in [2.24, 2.45) is 0 Å². The maximum Gasteiger partial charge on any atom is 0.407 e. The summed E-state index contributed by atoms with van der Waals surface area (Å²) in [4.78, 5) is 26.5. The predicted molar refractivity (Wildman–Crippen MR) is 158 cm³/mol. The highest BCUT2D eigenvalue weighted by Gasteiger charge is 2.31. The molecule has 9 heteroatoms. The Balaban J connectivity index is 1.48. The number of hydrogen-bond donors (Lipinski definition) is 1. The number of rotatable bonds is 7. The van der Waals surface area contributed by atoms with Crippen LogP contribution in [0.4, 0.5) is 14.9 Å². The molecule has 0 fully saturated rings. The maximum absolute atomic E-state index is 16.0. The second-order valence-electron chi connectivity index (χ2n) is 11.3. The Bertz CT molecular complexity index is 1620. The van der Waals surface area contributed by atoms with Gasteiger partial charge in [0.25, 0.3) is 0 Å². The predicted octanol–water partition coefficient (Wildman–Crippen LogP) is 6.94. The van der Waals surface area contributed by atoms with E-state index < -0.39 is 23.6 Å². The molecule has 1 aromatic heterocycles. The standard InChI is InChI=1S/C33H35FN2O6/c1-6-39-28(37)16-22-11-8-12-26-30(22)41-27(19-36(26)5)25-17-24(31-23(29(25)34)13-14-40-31)21-10-7-9-20(15-21)18-35-32(38)42-33(2,3)4/h7-15,17,27H,6,16,18-19H2,1-5H3,(H,35,38). The van der Waals surface area contributed by atoms with Crippen LogP contribution in [0.25, 0.3) is 22.1 Å². The molecular weight excluding hydrogens is 539 g/mol. The molecule has 1 amide bonds. The Morgan fingerprint density at radius 3 is 2.67 bits per heavy atom. The summed E-state index contributed by atoms with van der Waals surface area (Å²) in [7, 11) is 1.92. The summed E-state index contributed by atoms with van der Waals surface area (Å²) in [6, 6.07) is 16.6. The van der Waals surface area contributed by atoms with E-state index in [2.05, 4.69) is 5.32 Å². The lowest BCUT2D eigenvalue weighted by atomic mass is 9.95. The number of nitrogens with one attached hydrogen (secondary N) is 1. The molecular formula is C33H35FN2O6. The number of nitrogens with zero attached hydrogens (tertiary/aromatic N) is 1. The number of anilines is 1. The van der Waals surface area contributed by atoms with Gasteiger partial charge in [-0.15, -0.1) is 0 Å². The van der Waals surface area contributed by atoms with Gasteiger partial charge in [-0.2, -0.15) is 0 Å². The van der Waals surface area contributed by atoms with Crippen molar-refractivity contribution in [2.75, 3.05) is 25.1 Å². The van der Waals surface area contributed by atoms with Crippen molar-refractivity contribution in [3.8, 4) is 16.9 Å². The van der Waals surface area contributed by atoms with Gasteiger partial charge in [-0.05, 0) is 63.1 Å². The molecule has 1 unspecified atom stereocenters. The number of furan rings is 1. The monoisotopic (exact) mass is 574 g/mol. The smallest absolute Gasteiger partial charge is 0.407 e. The first-order valence-corrected chi connectivity index (χ1v) is 13.9. The van der Waals surface area contributed by atoms with Gasteiger partial charge >= 0.3 is 12.1 Å². The van der Waals surface area contributed by atoms with Gasteiger partial charge < -0.3 is 28.8 Å². The zero-order chi connectivity index (χ0) is 30.0. The van der Waals surface area contributed by atoms with Crippen molar-refractivity contribution in [3.05, 3.63) is 83.4 Å². The number of halogens is 1. The van der Waals surface area contributed by atoms with Crippen LogP contribution in [0.2, 0.25) is 0 Å². The zero-order valence-electron chi connectivity index (χ0n) is 24.5. The van der Waals surface area contributed by atoms with Crippen LogP contribution < -0.4 is 15.0 Å². The van der Waals surface area contributed by atoms with E-state index in [0.29, 0.717) is 40.0 Å². The number of hydrogen-bond acceptors (Lipinski definition) is 7. The average molecular weight is 575 g/mol. The van der Waals surface area contributed by atoms with E-state index in [4.69, 9.17) is 18.6 Å². The largest absolute Gasteiger partial charge is 0.481 e. The molecule has 0 saturated carbocycles. The number of fused-ring (bicyclic) bond motifs is 2. The Morgan fingerprint density at radius 1 is 1.12 bits per heavy atom. The Morgan fingerprint density at radius 2 is 1.90 bits per heavy atom. The van der Waals surface area contributed by atoms with Crippen molar-refractivity contribution in [1.29, 1.82) is 0 Å². The number of para-hydroxylation sites is 1. The topological polar surface area (TPSA) is 90.2 Å². The second kappa shape index (κ2) is 11.8. The first-order valence-electron chi connectivity index (χ1n) is 13.9.